The van der Waals surface area contributed by atoms with Crippen LogP contribution in [0, 0.1) is 24.7 Å². The summed E-state index contributed by atoms with van der Waals surface area (Å²) in [6.07, 6.45) is 10.9. The predicted octanol–water partition coefficient (Wildman–Crippen LogP) is 1.92. The minimum Gasteiger partial charge on any atom is -0.383 e. The molecule has 14 heavy (non-hydrogen) atoms. The van der Waals surface area contributed by atoms with E-state index in [-0.39, 0.29) is 12.8 Å². The number of hydrogen-bond acceptors (Lipinski definition) is 1. The van der Waals surface area contributed by atoms with Crippen LogP contribution < -0.4 is 0 Å². The van der Waals surface area contributed by atoms with Crippen molar-refractivity contribution in [2.45, 2.75) is 18.4 Å². The first-order valence-electron chi connectivity index (χ1n) is 4.38. The number of aliphatic hydroxyl groups is 1. The summed E-state index contributed by atoms with van der Waals surface area (Å²) in [5.74, 6) is 4.89. The maximum atomic E-state index is 10.2. The van der Waals surface area contributed by atoms with Crippen molar-refractivity contribution < 1.29 is 5.11 Å². The normalized spacial score (nSPS) is 10.2. The fourth-order valence-electron chi connectivity index (χ4n) is 1.35. The van der Waals surface area contributed by atoms with E-state index in [1.807, 2.05) is 30.3 Å². The maximum Gasteiger partial charge on any atom is 0.111 e. The SMILES string of the molecule is C#CCC(O)(CC#C)c1ccccc1. The van der Waals surface area contributed by atoms with E-state index in [1.54, 1.807) is 0 Å². The Hall–Kier alpha value is -1.70. The molecule has 0 unspecified atom stereocenters. The van der Waals surface area contributed by atoms with E-state index in [0.717, 1.165) is 5.56 Å². The van der Waals surface area contributed by atoms with Gasteiger partial charge in [0.1, 0.15) is 5.60 Å². The molecule has 0 aliphatic heterocycles. The fraction of sp³-hybridized carbons (Fsp3) is 0.231. The zero-order chi connectivity index (χ0) is 10.4. The van der Waals surface area contributed by atoms with Crippen LogP contribution in [0.15, 0.2) is 30.3 Å². The first kappa shape index (κ1) is 10.4. The second-order valence-corrected chi connectivity index (χ2v) is 3.16. The highest BCUT2D eigenvalue weighted by Crippen LogP contribution is 2.27. The van der Waals surface area contributed by atoms with Crippen molar-refractivity contribution in [1.29, 1.82) is 0 Å². The third-order valence-electron chi connectivity index (χ3n) is 2.10. The van der Waals surface area contributed by atoms with Gasteiger partial charge in [-0.1, -0.05) is 30.3 Å². The number of rotatable bonds is 3. The van der Waals surface area contributed by atoms with Crippen LogP contribution in [-0.4, -0.2) is 5.11 Å². The van der Waals surface area contributed by atoms with E-state index in [2.05, 4.69) is 11.8 Å². The van der Waals surface area contributed by atoms with Gasteiger partial charge in [0.25, 0.3) is 0 Å². The molecule has 70 valence electrons. The summed E-state index contributed by atoms with van der Waals surface area (Å²) in [6.45, 7) is 0. The van der Waals surface area contributed by atoms with Crippen molar-refractivity contribution in [3.05, 3.63) is 35.9 Å². The van der Waals surface area contributed by atoms with Gasteiger partial charge < -0.3 is 5.11 Å². The molecule has 1 heteroatoms. The third kappa shape index (κ3) is 2.16. The van der Waals surface area contributed by atoms with Crippen molar-refractivity contribution >= 4 is 0 Å². The topological polar surface area (TPSA) is 20.2 Å². The van der Waals surface area contributed by atoms with E-state index in [9.17, 15) is 5.11 Å². The summed E-state index contributed by atoms with van der Waals surface area (Å²) in [7, 11) is 0. The van der Waals surface area contributed by atoms with Crippen LogP contribution in [0.2, 0.25) is 0 Å². The van der Waals surface area contributed by atoms with Crippen molar-refractivity contribution in [3.8, 4) is 24.7 Å². The third-order valence-corrected chi connectivity index (χ3v) is 2.10. The van der Waals surface area contributed by atoms with Gasteiger partial charge in [0.05, 0.1) is 0 Å². The van der Waals surface area contributed by atoms with Gasteiger partial charge in [-0.05, 0) is 5.56 Å². The Morgan fingerprint density at radius 2 is 1.57 bits per heavy atom. The fourth-order valence-corrected chi connectivity index (χ4v) is 1.35. The average Bonchev–Trinajstić information content (AvgIpc) is 2.20. The minimum absolute atomic E-state index is 0.237. The van der Waals surface area contributed by atoms with Gasteiger partial charge in [-0.3, -0.25) is 0 Å². The standard InChI is InChI=1S/C13H12O/c1-3-10-13(14,11-4-2)12-8-6-5-7-9-12/h1-2,5-9,14H,10-11H2. The Labute approximate surface area is 84.8 Å². The Morgan fingerprint density at radius 3 is 2.00 bits per heavy atom. The summed E-state index contributed by atoms with van der Waals surface area (Å²) in [5.41, 5.74) is -0.305. The van der Waals surface area contributed by atoms with E-state index in [1.165, 1.54) is 0 Å². The average molecular weight is 184 g/mol. The zero-order valence-electron chi connectivity index (χ0n) is 7.90. The molecule has 0 amide bonds. The van der Waals surface area contributed by atoms with E-state index < -0.39 is 5.60 Å². The molecule has 0 bridgehead atoms. The van der Waals surface area contributed by atoms with Crippen LogP contribution in [-0.2, 0) is 5.60 Å². The lowest BCUT2D eigenvalue weighted by molar-refractivity contribution is 0.0475. The van der Waals surface area contributed by atoms with E-state index >= 15 is 0 Å². The van der Waals surface area contributed by atoms with Crippen LogP contribution in [0.4, 0.5) is 0 Å². The first-order valence-corrected chi connectivity index (χ1v) is 4.38. The highest BCUT2D eigenvalue weighted by Gasteiger charge is 2.26. The largest absolute Gasteiger partial charge is 0.383 e. The molecule has 0 aliphatic carbocycles. The molecule has 1 N–H and O–H groups in total. The van der Waals surface area contributed by atoms with Crippen LogP contribution in [0.5, 0.6) is 0 Å². The highest BCUT2D eigenvalue weighted by molar-refractivity contribution is 5.25. The second-order valence-electron chi connectivity index (χ2n) is 3.16. The number of benzene rings is 1. The summed E-state index contributed by atoms with van der Waals surface area (Å²) in [6, 6.07) is 9.25. The summed E-state index contributed by atoms with van der Waals surface area (Å²) < 4.78 is 0. The minimum atomic E-state index is -1.08. The van der Waals surface area contributed by atoms with Crippen LogP contribution in [0.1, 0.15) is 18.4 Å². The van der Waals surface area contributed by atoms with Gasteiger partial charge >= 0.3 is 0 Å². The van der Waals surface area contributed by atoms with Gasteiger partial charge in [0, 0.05) is 12.8 Å². The monoisotopic (exact) mass is 184 g/mol. The molecule has 1 aromatic carbocycles. The molecule has 1 rings (SSSR count). The number of hydrogen-bond donors (Lipinski definition) is 1. The molecule has 0 heterocycles. The smallest absolute Gasteiger partial charge is 0.111 e. The molecule has 0 atom stereocenters. The lowest BCUT2D eigenvalue weighted by Crippen LogP contribution is -2.24. The molecule has 1 nitrogen and oxygen atoms in total. The summed E-state index contributed by atoms with van der Waals surface area (Å²) in [5, 5.41) is 10.2. The lowest BCUT2D eigenvalue weighted by Gasteiger charge is -2.24. The van der Waals surface area contributed by atoms with Crippen LogP contribution >= 0.6 is 0 Å². The lowest BCUT2D eigenvalue weighted by atomic mass is 9.88. The molecule has 1 aromatic rings. The Balaban J connectivity index is 3.02. The van der Waals surface area contributed by atoms with Crippen molar-refractivity contribution in [2.75, 3.05) is 0 Å². The van der Waals surface area contributed by atoms with Gasteiger partial charge in [0.15, 0.2) is 0 Å². The first-order chi connectivity index (χ1) is 6.73. The molecule has 0 saturated carbocycles. The van der Waals surface area contributed by atoms with E-state index in [4.69, 9.17) is 12.8 Å². The predicted molar refractivity (Wildman–Crippen MR) is 57.2 cm³/mol. The van der Waals surface area contributed by atoms with Crippen molar-refractivity contribution in [3.63, 3.8) is 0 Å². The summed E-state index contributed by atoms with van der Waals surface area (Å²) >= 11 is 0. The maximum absolute atomic E-state index is 10.2. The molecule has 0 aliphatic rings. The van der Waals surface area contributed by atoms with Gasteiger partial charge in [-0.25, -0.2) is 0 Å². The number of terminal acetylenes is 2. The quantitative estimate of drug-likeness (QED) is 0.711. The molecule has 0 aromatic heterocycles. The van der Waals surface area contributed by atoms with Crippen molar-refractivity contribution in [2.24, 2.45) is 0 Å². The van der Waals surface area contributed by atoms with Crippen LogP contribution in [0.3, 0.4) is 0 Å². The summed E-state index contributed by atoms with van der Waals surface area (Å²) in [4.78, 5) is 0. The Kier molecular flexibility index (Phi) is 3.35. The second kappa shape index (κ2) is 4.51. The van der Waals surface area contributed by atoms with Gasteiger partial charge in [-0.2, -0.15) is 0 Å². The Bertz CT molecular complexity index is 348. The van der Waals surface area contributed by atoms with Crippen molar-refractivity contribution in [1.82, 2.24) is 0 Å². The molecule has 0 fully saturated rings. The molecule has 0 radical (unpaired) electrons. The molecular weight excluding hydrogens is 172 g/mol. The van der Waals surface area contributed by atoms with E-state index in [0.29, 0.717) is 0 Å². The highest BCUT2D eigenvalue weighted by atomic mass is 16.3. The molecular formula is C13H12O. The molecule has 0 saturated heterocycles. The van der Waals surface area contributed by atoms with Gasteiger partial charge in [-0.15, -0.1) is 24.7 Å². The van der Waals surface area contributed by atoms with Crippen LogP contribution in [0.25, 0.3) is 0 Å². The van der Waals surface area contributed by atoms with Gasteiger partial charge in [0.2, 0.25) is 0 Å². The molecule has 0 spiro atoms. The Morgan fingerprint density at radius 1 is 1.07 bits per heavy atom. The zero-order valence-corrected chi connectivity index (χ0v) is 7.90.